The van der Waals surface area contributed by atoms with Crippen LogP contribution in [0.2, 0.25) is 0 Å². The number of hydrogen-bond donors (Lipinski definition) is 2. The van der Waals surface area contributed by atoms with Crippen molar-refractivity contribution in [3.8, 4) is 22.7 Å². The van der Waals surface area contributed by atoms with Crippen LogP contribution in [0, 0.1) is 0 Å². The van der Waals surface area contributed by atoms with Gasteiger partial charge in [-0.25, -0.2) is 0 Å². The van der Waals surface area contributed by atoms with Crippen LogP contribution < -0.4 is 15.6 Å². The lowest BCUT2D eigenvalue weighted by atomic mass is 10.1. The maximum Gasteiger partial charge on any atom is 0.573 e. The number of alkyl halides is 3. The van der Waals surface area contributed by atoms with Crippen LogP contribution in [0.15, 0.2) is 47.5 Å². The number of aliphatic hydroxyl groups excluding tert-OH is 1. The molecule has 3 heterocycles. The van der Waals surface area contributed by atoms with Gasteiger partial charge in [0.2, 0.25) is 0 Å². The average Bonchev–Trinajstić information content (AvgIpc) is 3.35. The second-order valence-corrected chi connectivity index (χ2v) is 7.29. The topological polar surface area (TPSA) is 121 Å². The van der Waals surface area contributed by atoms with Crippen LogP contribution in [0.1, 0.15) is 10.4 Å². The number of nitrogens with zero attached hydrogens (tertiary/aromatic N) is 4. The Balaban J connectivity index is 1.74. The summed E-state index contributed by atoms with van der Waals surface area (Å²) in [5.41, 5.74) is -0.265. The number of hydrogen-bond acceptors (Lipinski definition) is 7. The number of aliphatic hydroxyl groups is 1. The Morgan fingerprint density at radius 1 is 1.27 bits per heavy atom. The first-order valence-electron chi connectivity index (χ1n) is 9.67. The van der Waals surface area contributed by atoms with Gasteiger partial charge in [0.15, 0.2) is 0 Å². The molecule has 2 atom stereocenters. The molecule has 0 saturated carbocycles. The van der Waals surface area contributed by atoms with E-state index >= 15 is 0 Å². The molecule has 4 rings (SSSR count). The van der Waals surface area contributed by atoms with Crippen LogP contribution >= 0.6 is 0 Å². The fourth-order valence-electron chi connectivity index (χ4n) is 3.25. The lowest BCUT2D eigenvalue weighted by Gasteiger charge is -2.15. The molecule has 1 aromatic carbocycles. The van der Waals surface area contributed by atoms with Crippen LogP contribution in [-0.2, 0) is 11.8 Å². The van der Waals surface area contributed by atoms with E-state index in [1.807, 2.05) is 0 Å². The van der Waals surface area contributed by atoms with Crippen LogP contribution in [0.5, 0.6) is 5.75 Å². The summed E-state index contributed by atoms with van der Waals surface area (Å²) in [5.74, 6) is -1.19. The van der Waals surface area contributed by atoms with Crippen molar-refractivity contribution in [2.45, 2.75) is 18.5 Å². The SMILES string of the molecule is Cn1cc(-n2nc(-c3ccc(OC(F)(F)F)cc3)cc(C(=O)N[C@H]3COC[C@H]3O)c2=O)cn1. The minimum Gasteiger partial charge on any atom is -0.406 e. The summed E-state index contributed by atoms with van der Waals surface area (Å²) in [5, 5.41) is 20.7. The Morgan fingerprint density at radius 2 is 2.00 bits per heavy atom. The molecule has 0 aliphatic carbocycles. The number of benzene rings is 1. The van der Waals surface area contributed by atoms with Crippen molar-refractivity contribution in [2.24, 2.45) is 7.05 Å². The molecular formula is C20H18F3N5O5. The fraction of sp³-hybridized carbons (Fsp3) is 0.300. The monoisotopic (exact) mass is 465 g/mol. The standard InChI is InChI=1S/C20H18F3N5O5/c1-27-8-12(7-24-27)28-19(31)14(18(30)25-16-9-32-10-17(16)29)6-15(26-28)11-2-4-13(5-3-11)33-20(21,22)23/h2-8,16-17,29H,9-10H2,1H3,(H,25,30)/t16-,17+/m0/s1. The third kappa shape index (κ3) is 5.04. The normalized spacial score (nSPS) is 18.3. The molecule has 1 saturated heterocycles. The second-order valence-electron chi connectivity index (χ2n) is 7.29. The molecule has 2 N–H and O–H groups in total. The Bertz CT molecular complexity index is 1220. The molecule has 0 bridgehead atoms. The van der Waals surface area contributed by atoms with Gasteiger partial charge in [0.25, 0.3) is 11.5 Å². The molecule has 10 nitrogen and oxygen atoms in total. The highest BCUT2D eigenvalue weighted by Gasteiger charge is 2.31. The molecule has 1 aliphatic rings. The number of aromatic nitrogens is 4. The smallest absolute Gasteiger partial charge is 0.406 e. The first-order valence-corrected chi connectivity index (χ1v) is 9.67. The van der Waals surface area contributed by atoms with Crippen LogP contribution in [0.4, 0.5) is 13.2 Å². The first-order chi connectivity index (χ1) is 15.6. The maximum absolute atomic E-state index is 13.0. The fourth-order valence-corrected chi connectivity index (χ4v) is 3.25. The summed E-state index contributed by atoms with van der Waals surface area (Å²) in [6.45, 7) is 0.140. The zero-order valence-electron chi connectivity index (χ0n) is 17.1. The molecular weight excluding hydrogens is 447 g/mol. The molecule has 2 aromatic heterocycles. The molecule has 174 valence electrons. The zero-order valence-corrected chi connectivity index (χ0v) is 17.1. The third-order valence-electron chi connectivity index (χ3n) is 4.84. The number of aryl methyl sites for hydroxylation is 1. The quantitative estimate of drug-likeness (QED) is 0.577. The molecule has 1 fully saturated rings. The molecule has 33 heavy (non-hydrogen) atoms. The summed E-state index contributed by atoms with van der Waals surface area (Å²) in [4.78, 5) is 25.9. The van der Waals surface area contributed by atoms with E-state index in [0.717, 1.165) is 16.8 Å². The van der Waals surface area contributed by atoms with Gasteiger partial charge in [-0.05, 0) is 30.3 Å². The number of ether oxygens (including phenoxy) is 2. The van der Waals surface area contributed by atoms with E-state index < -0.39 is 35.7 Å². The molecule has 0 spiro atoms. The Hall–Kier alpha value is -3.71. The van der Waals surface area contributed by atoms with E-state index in [4.69, 9.17) is 4.74 Å². The summed E-state index contributed by atoms with van der Waals surface area (Å²) >= 11 is 0. The van der Waals surface area contributed by atoms with E-state index in [1.165, 1.54) is 35.3 Å². The summed E-state index contributed by atoms with van der Waals surface area (Å²) in [7, 11) is 1.63. The third-order valence-corrected chi connectivity index (χ3v) is 4.84. The van der Waals surface area contributed by atoms with E-state index in [1.54, 1.807) is 7.05 Å². The van der Waals surface area contributed by atoms with Crippen molar-refractivity contribution in [1.82, 2.24) is 24.9 Å². The highest BCUT2D eigenvalue weighted by Crippen LogP contribution is 2.26. The predicted molar refractivity (Wildman–Crippen MR) is 107 cm³/mol. The Morgan fingerprint density at radius 3 is 2.58 bits per heavy atom. The van der Waals surface area contributed by atoms with Crippen molar-refractivity contribution >= 4 is 5.91 Å². The van der Waals surface area contributed by atoms with Gasteiger partial charge in [-0.15, -0.1) is 13.2 Å². The lowest BCUT2D eigenvalue weighted by molar-refractivity contribution is -0.274. The van der Waals surface area contributed by atoms with E-state index in [0.29, 0.717) is 5.56 Å². The van der Waals surface area contributed by atoms with Crippen molar-refractivity contribution in [2.75, 3.05) is 13.2 Å². The maximum atomic E-state index is 13.0. The van der Waals surface area contributed by atoms with E-state index in [9.17, 15) is 27.9 Å². The molecule has 13 heteroatoms. The van der Waals surface area contributed by atoms with Crippen LogP contribution in [0.25, 0.3) is 16.9 Å². The Kier molecular flexibility index (Phi) is 5.91. The zero-order chi connectivity index (χ0) is 23.8. The summed E-state index contributed by atoms with van der Waals surface area (Å²) in [6, 6.07) is 5.35. The highest BCUT2D eigenvalue weighted by atomic mass is 19.4. The van der Waals surface area contributed by atoms with Gasteiger partial charge < -0.3 is 19.9 Å². The van der Waals surface area contributed by atoms with Gasteiger partial charge in [-0.3, -0.25) is 14.3 Å². The van der Waals surface area contributed by atoms with E-state index in [2.05, 4.69) is 20.3 Å². The number of nitrogens with one attached hydrogen (secondary N) is 1. The highest BCUT2D eigenvalue weighted by molar-refractivity contribution is 5.95. The van der Waals surface area contributed by atoms with E-state index in [-0.39, 0.29) is 30.2 Å². The first kappa shape index (κ1) is 22.5. The van der Waals surface area contributed by atoms with Gasteiger partial charge in [0.05, 0.1) is 43.4 Å². The van der Waals surface area contributed by atoms with Crippen LogP contribution in [-0.4, -0.2) is 62.3 Å². The van der Waals surface area contributed by atoms with Crippen molar-refractivity contribution in [3.63, 3.8) is 0 Å². The van der Waals surface area contributed by atoms with Crippen molar-refractivity contribution < 1.29 is 32.5 Å². The van der Waals surface area contributed by atoms with Crippen molar-refractivity contribution in [3.05, 3.63) is 58.6 Å². The predicted octanol–water partition coefficient (Wildman–Crippen LogP) is 1.02. The molecule has 3 aromatic rings. The molecule has 0 radical (unpaired) electrons. The largest absolute Gasteiger partial charge is 0.573 e. The number of amides is 1. The molecule has 1 amide bonds. The van der Waals surface area contributed by atoms with Crippen LogP contribution in [0.3, 0.4) is 0 Å². The van der Waals surface area contributed by atoms with Gasteiger partial charge in [-0.2, -0.15) is 14.9 Å². The number of carbonyl (C=O) groups excluding carboxylic acids is 1. The average molecular weight is 465 g/mol. The summed E-state index contributed by atoms with van der Waals surface area (Å²) < 4.78 is 48.7. The molecule has 0 unspecified atom stereocenters. The number of halogens is 3. The Labute approximate surface area is 184 Å². The number of rotatable bonds is 5. The number of carbonyl (C=O) groups is 1. The minimum atomic E-state index is -4.84. The van der Waals surface area contributed by atoms with Crippen molar-refractivity contribution in [1.29, 1.82) is 0 Å². The second kappa shape index (κ2) is 8.67. The minimum absolute atomic E-state index is 0.0544. The van der Waals surface area contributed by atoms with Gasteiger partial charge in [-0.1, -0.05) is 0 Å². The molecule has 1 aliphatic heterocycles. The van der Waals surface area contributed by atoms with Gasteiger partial charge >= 0.3 is 6.36 Å². The van der Waals surface area contributed by atoms with Gasteiger partial charge in [0.1, 0.15) is 17.0 Å². The lowest BCUT2D eigenvalue weighted by Crippen LogP contribution is -2.44. The summed E-state index contributed by atoms with van der Waals surface area (Å²) in [6.07, 6.45) is -2.88. The van der Waals surface area contributed by atoms with Gasteiger partial charge in [0, 0.05) is 12.6 Å².